The third-order valence-electron chi connectivity index (χ3n) is 6.61. The number of alkyl halides is 3. The molecule has 7 nitrogen and oxygen atoms in total. The number of aromatic nitrogens is 3. The Kier molecular flexibility index (Phi) is 7.79. The molecular formula is C24H23Br2F3N4O3S. The number of fused-ring (bicyclic) bond motifs is 1. The topological polar surface area (TPSA) is 69.5 Å². The van der Waals surface area contributed by atoms with Crippen LogP contribution in [0.5, 0.6) is 0 Å². The van der Waals surface area contributed by atoms with Crippen LogP contribution in [0.3, 0.4) is 0 Å². The van der Waals surface area contributed by atoms with Crippen LogP contribution < -0.4 is 0 Å². The Hall–Kier alpha value is -1.80. The van der Waals surface area contributed by atoms with E-state index in [9.17, 15) is 18.0 Å². The molecule has 1 amide bonds. The number of benzene rings is 1. The molecule has 4 heterocycles. The number of carbonyl (C=O) groups is 1. The zero-order valence-electron chi connectivity index (χ0n) is 19.7. The van der Waals surface area contributed by atoms with Crippen molar-refractivity contribution in [2.24, 2.45) is 0 Å². The zero-order valence-corrected chi connectivity index (χ0v) is 23.7. The number of carbonyl (C=O) groups excluding carboxylic acids is 1. The predicted octanol–water partition coefficient (Wildman–Crippen LogP) is 6.34. The number of aryl methyl sites for hydroxylation is 1. The van der Waals surface area contributed by atoms with Crippen molar-refractivity contribution in [3.8, 4) is 0 Å². The molecule has 5 rings (SSSR count). The zero-order chi connectivity index (χ0) is 26.3. The van der Waals surface area contributed by atoms with Crippen molar-refractivity contribution in [1.29, 1.82) is 0 Å². The van der Waals surface area contributed by atoms with Crippen molar-refractivity contribution in [2.45, 2.75) is 57.9 Å². The van der Waals surface area contributed by atoms with Gasteiger partial charge in [-0.3, -0.25) is 9.48 Å². The molecule has 0 bridgehead atoms. The van der Waals surface area contributed by atoms with Crippen molar-refractivity contribution in [1.82, 2.24) is 19.7 Å². The summed E-state index contributed by atoms with van der Waals surface area (Å²) >= 11 is 8.71. The van der Waals surface area contributed by atoms with Crippen LogP contribution in [-0.4, -0.2) is 38.7 Å². The number of likely N-dealkylation sites (tertiary alicyclic amines) is 1. The van der Waals surface area contributed by atoms with Crippen LogP contribution in [0, 0.1) is 6.92 Å². The summed E-state index contributed by atoms with van der Waals surface area (Å²) in [7, 11) is 0. The molecule has 0 aliphatic carbocycles. The summed E-state index contributed by atoms with van der Waals surface area (Å²) < 4.78 is 53.9. The number of rotatable bonds is 4. The number of hydrogen-bond donors (Lipinski definition) is 0. The molecule has 0 atom stereocenters. The summed E-state index contributed by atoms with van der Waals surface area (Å²) in [5, 5.41) is 6.49. The number of amides is 1. The van der Waals surface area contributed by atoms with E-state index < -0.39 is 18.2 Å². The first-order valence-corrected chi connectivity index (χ1v) is 14.1. The van der Waals surface area contributed by atoms with Gasteiger partial charge in [0.25, 0.3) is 0 Å². The van der Waals surface area contributed by atoms with Crippen molar-refractivity contribution >= 4 is 49.1 Å². The van der Waals surface area contributed by atoms with E-state index in [0.717, 1.165) is 54.4 Å². The second-order valence-electron chi connectivity index (χ2n) is 9.03. The highest BCUT2D eigenvalue weighted by Gasteiger charge is 2.35. The van der Waals surface area contributed by atoms with E-state index in [1.165, 1.54) is 6.92 Å². The van der Waals surface area contributed by atoms with Gasteiger partial charge in [-0.25, -0.2) is 4.98 Å². The van der Waals surface area contributed by atoms with Gasteiger partial charge >= 0.3 is 6.18 Å². The Morgan fingerprint density at radius 3 is 2.32 bits per heavy atom. The van der Waals surface area contributed by atoms with E-state index in [1.807, 2.05) is 17.5 Å². The molecule has 0 saturated carbocycles. The lowest BCUT2D eigenvalue weighted by atomic mass is 9.97. The number of hydrogen-bond acceptors (Lipinski definition) is 6. The van der Waals surface area contributed by atoms with Gasteiger partial charge in [-0.15, -0.1) is 11.3 Å². The molecule has 2 aliphatic heterocycles. The molecule has 1 fully saturated rings. The highest BCUT2D eigenvalue weighted by atomic mass is 79.9. The monoisotopic (exact) mass is 662 g/mol. The molecule has 1 aromatic carbocycles. The normalized spacial score (nSPS) is 17.6. The second kappa shape index (κ2) is 10.8. The molecule has 0 radical (unpaired) electrons. The van der Waals surface area contributed by atoms with Crippen molar-refractivity contribution in [2.75, 3.05) is 13.1 Å². The summed E-state index contributed by atoms with van der Waals surface area (Å²) in [5.74, 6) is -0.0484. The van der Waals surface area contributed by atoms with Gasteiger partial charge in [0.05, 0.1) is 18.2 Å². The minimum atomic E-state index is -4.53. The van der Waals surface area contributed by atoms with E-state index in [0.29, 0.717) is 32.0 Å². The molecule has 1 saturated heterocycles. The van der Waals surface area contributed by atoms with Crippen LogP contribution in [0.15, 0.2) is 32.5 Å². The Balaban J connectivity index is 1.17. The average molecular weight is 664 g/mol. The largest absolute Gasteiger partial charge is 0.435 e. The van der Waals surface area contributed by atoms with Crippen LogP contribution in [-0.2, 0) is 40.2 Å². The minimum absolute atomic E-state index is 0.192. The van der Waals surface area contributed by atoms with E-state index >= 15 is 0 Å². The maximum Gasteiger partial charge on any atom is 0.435 e. The van der Waals surface area contributed by atoms with E-state index in [-0.39, 0.29) is 18.4 Å². The average Bonchev–Trinajstić information content (AvgIpc) is 3.42. The molecule has 2 aliphatic rings. The first-order valence-electron chi connectivity index (χ1n) is 11.6. The Morgan fingerprint density at radius 1 is 1.14 bits per heavy atom. The first kappa shape index (κ1) is 26.8. The van der Waals surface area contributed by atoms with Crippen LogP contribution in [0.1, 0.15) is 58.3 Å². The van der Waals surface area contributed by atoms with E-state index in [1.54, 1.807) is 16.2 Å². The highest BCUT2D eigenvalue weighted by molar-refractivity contribution is 9.11. The summed E-state index contributed by atoms with van der Waals surface area (Å²) in [6.07, 6.45) is -3.66. The van der Waals surface area contributed by atoms with Crippen molar-refractivity contribution in [3.05, 3.63) is 65.7 Å². The highest BCUT2D eigenvalue weighted by Crippen LogP contribution is 2.37. The minimum Gasteiger partial charge on any atom is -0.342 e. The molecule has 3 aromatic rings. The number of halogens is 5. The summed E-state index contributed by atoms with van der Waals surface area (Å²) in [4.78, 5) is 19.2. The standard InChI is InChI=1S/C24H23Br2F3N4O3S/c1-13-8-20(24(27,28)29)31-33(13)9-21(34)32-6-4-14(5-7-32)22-30-19(12-37-22)23-35-10-15-16(11-36-23)18(26)3-2-17(15)25/h2-3,8,12,14,23H,4-7,9-11H2,1H3. The second-order valence-corrected chi connectivity index (χ2v) is 11.6. The number of ether oxygens (including phenoxy) is 2. The van der Waals surface area contributed by atoms with Crippen LogP contribution >= 0.6 is 43.2 Å². The van der Waals surface area contributed by atoms with E-state index in [4.69, 9.17) is 14.5 Å². The van der Waals surface area contributed by atoms with Gasteiger partial charge in [0, 0.05) is 39.0 Å². The molecule has 0 spiro atoms. The van der Waals surface area contributed by atoms with Crippen LogP contribution in [0.2, 0.25) is 0 Å². The van der Waals surface area contributed by atoms with E-state index in [2.05, 4.69) is 37.0 Å². The quantitative estimate of drug-likeness (QED) is 0.326. The first-order chi connectivity index (χ1) is 17.6. The fraction of sp³-hybridized carbons (Fsp3) is 0.458. The maximum atomic E-state index is 12.9. The number of piperidine rings is 1. The molecular weight excluding hydrogens is 641 g/mol. The predicted molar refractivity (Wildman–Crippen MR) is 137 cm³/mol. The molecule has 13 heteroatoms. The van der Waals surface area contributed by atoms with Crippen molar-refractivity contribution in [3.63, 3.8) is 0 Å². The van der Waals surface area contributed by atoms with Gasteiger partial charge in [-0.05, 0) is 49.1 Å². The van der Waals surface area contributed by atoms with Crippen LogP contribution in [0.25, 0.3) is 0 Å². The molecule has 37 heavy (non-hydrogen) atoms. The Morgan fingerprint density at radius 2 is 1.76 bits per heavy atom. The summed E-state index contributed by atoms with van der Waals surface area (Å²) in [5.41, 5.74) is 2.14. The van der Waals surface area contributed by atoms with Gasteiger partial charge in [-0.2, -0.15) is 18.3 Å². The smallest absolute Gasteiger partial charge is 0.342 e. The number of nitrogens with zero attached hydrogens (tertiary/aromatic N) is 4. The fourth-order valence-corrected chi connectivity index (χ4v) is 6.46. The van der Waals surface area contributed by atoms with Gasteiger partial charge < -0.3 is 14.4 Å². The van der Waals surface area contributed by atoms with Crippen molar-refractivity contribution < 1.29 is 27.4 Å². The van der Waals surface area contributed by atoms with Gasteiger partial charge in [-0.1, -0.05) is 31.9 Å². The van der Waals surface area contributed by atoms with Gasteiger partial charge in [0.2, 0.25) is 12.2 Å². The molecule has 0 unspecified atom stereocenters. The molecule has 0 N–H and O–H groups in total. The SMILES string of the molecule is Cc1cc(C(F)(F)F)nn1CC(=O)N1CCC(c2nc(C3OCc4c(Br)ccc(Br)c4CO3)cs2)CC1. The van der Waals surface area contributed by atoms with Gasteiger partial charge in [0.15, 0.2) is 5.69 Å². The summed E-state index contributed by atoms with van der Waals surface area (Å²) in [6.45, 7) is 3.12. The Labute approximate surface area is 232 Å². The van der Waals surface area contributed by atoms with Crippen LogP contribution in [0.4, 0.5) is 13.2 Å². The summed E-state index contributed by atoms with van der Waals surface area (Å²) in [6, 6.07) is 4.90. The fourth-order valence-electron chi connectivity index (χ4n) is 4.49. The lowest BCUT2D eigenvalue weighted by Crippen LogP contribution is -2.40. The Bertz CT molecular complexity index is 1270. The maximum absolute atomic E-state index is 12.9. The third-order valence-corrected chi connectivity index (χ3v) is 9.12. The lowest BCUT2D eigenvalue weighted by Gasteiger charge is -2.31. The van der Waals surface area contributed by atoms with Gasteiger partial charge in [0.1, 0.15) is 12.2 Å². The lowest BCUT2D eigenvalue weighted by molar-refractivity contribution is -0.155. The number of thiazole rings is 1. The third kappa shape index (κ3) is 5.80. The molecule has 2 aromatic heterocycles. The molecule has 198 valence electrons.